The van der Waals surface area contributed by atoms with Gasteiger partial charge in [0.2, 0.25) is 5.03 Å². The molecule has 0 aliphatic carbocycles. The molecule has 0 fully saturated rings. The molecule has 0 unspecified atom stereocenters. The van der Waals surface area contributed by atoms with Crippen LogP contribution in [0.2, 0.25) is 5.02 Å². The summed E-state index contributed by atoms with van der Waals surface area (Å²) in [5.74, 6) is 0. The number of rotatable bonds is 3. The van der Waals surface area contributed by atoms with Crippen LogP contribution in [0.5, 0.6) is 0 Å². The van der Waals surface area contributed by atoms with E-state index in [4.69, 9.17) is 11.6 Å². The van der Waals surface area contributed by atoms with Crippen molar-refractivity contribution in [1.82, 2.24) is 15.0 Å². The van der Waals surface area contributed by atoms with E-state index in [9.17, 15) is 8.42 Å². The predicted octanol–water partition coefficient (Wildman–Crippen LogP) is 2.34. The van der Waals surface area contributed by atoms with E-state index in [0.29, 0.717) is 10.7 Å². The largest absolute Gasteiger partial charge is 0.281 e. The van der Waals surface area contributed by atoms with Crippen molar-refractivity contribution >= 4 is 43.2 Å². The highest BCUT2D eigenvalue weighted by Gasteiger charge is 2.24. The molecule has 0 atom stereocenters. The number of halogens is 2. The number of nitrogens with zero attached hydrogens (tertiary/aromatic N) is 3. The molecule has 2 aromatic rings. The minimum atomic E-state index is -3.77. The van der Waals surface area contributed by atoms with Gasteiger partial charge in [0.05, 0.1) is 5.69 Å². The average Bonchev–Trinajstić information content (AvgIpc) is 2.63. The normalized spacial score (nSPS) is 11.6. The number of sulfonamides is 1. The van der Waals surface area contributed by atoms with Crippen LogP contribution in [-0.4, -0.2) is 23.4 Å². The third kappa shape index (κ3) is 2.90. The minimum absolute atomic E-state index is 0.0400. The van der Waals surface area contributed by atoms with Crippen molar-refractivity contribution in [2.75, 3.05) is 4.72 Å². The lowest BCUT2D eigenvalue weighted by Gasteiger charge is -2.10. The molecule has 9 heteroatoms. The minimum Gasteiger partial charge on any atom is -0.278 e. The molecule has 1 aromatic heterocycles. The van der Waals surface area contributed by atoms with E-state index >= 15 is 0 Å². The predicted molar refractivity (Wildman–Crippen MR) is 75.7 cm³/mol. The molecular formula is C10H10BrClN4O2S. The molecule has 0 aliphatic rings. The molecule has 6 nitrogen and oxygen atoms in total. The van der Waals surface area contributed by atoms with Crippen LogP contribution in [0.1, 0.15) is 5.56 Å². The Morgan fingerprint density at radius 2 is 2.11 bits per heavy atom. The van der Waals surface area contributed by atoms with Crippen molar-refractivity contribution in [3.63, 3.8) is 0 Å². The molecule has 1 heterocycles. The summed E-state index contributed by atoms with van der Waals surface area (Å²) in [6, 6.07) is 4.89. The lowest BCUT2D eigenvalue weighted by Crippen LogP contribution is -2.17. The first-order chi connectivity index (χ1) is 8.81. The Labute approximate surface area is 123 Å². The van der Waals surface area contributed by atoms with Crippen molar-refractivity contribution in [2.24, 2.45) is 7.05 Å². The van der Waals surface area contributed by atoms with Crippen LogP contribution in [0, 0.1) is 6.92 Å². The van der Waals surface area contributed by atoms with E-state index in [1.54, 1.807) is 25.1 Å². The van der Waals surface area contributed by atoms with Crippen LogP contribution in [0.25, 0.3) is 0 Å². The summed E-state index contributed by atoms with van der Waals surface area (Å²) in [4.78, 5) is 0. The van der Waals surface area contributed by atoms with Gasteiger partial charge in [0.15, 0.2) is 4.60 Å². The van der Waals surface area contributed by atoms with Crippen LogP contribution in [0.15, 0.2) is 27.8 Å². The fraction of sp³-hybridized carbons (Fsp3) is 0.200. The van der Waals surface area contributed by atoms with Gasteiger partial charge in [-0.3, -0.25) is 4.72 Å². The lowest BCUT2D eigenvalue weighted by atomic mass is 10.2. The fourth-order valence-electron chi connectivity index (χ4n) is 1.54. The molecule has 1 aromatic carbocycles. The maximum absolute atomic E-state index is 12.3. The highest BCUT2D eigenvalue weighted by molar-refractivity contribution is 9.10. The number of anilines is 1. The first-order valence-electron chi connectivity index (χ1n) is 5.15. The van der Waals surface area contributed by atoms with E-state index in [2.05, 4.69) is 31.0 Å². The molecular weight excluding hydrogens is 356 g/mol. The summed E-state index contributed by atoms with van der Waals surface area (Å²) < 4.78 is 28.4. The molecule has 0 amide bonds. The van der Waals surface area contributed by atoms with E-state index in [0.717, 1.165) is 5.56 Å². The maximum atomic E-state index is 12.3. The van der Waals surface area contributed by atoms with Gasteiger partial charge in [-0.25, -0.2) is 4.68 Å². The van der Waals surface area contributed by atoms with E-state index in [1.165, 1.54) is 11.7 Å². The molecule has 0 spiro atoms. The van der Waals surface area contributed by atoms with Crippen molar-refractivity contribution in [1.29, 1.82) is 0 Å². The van der Waals surface area contributed by atoms with Gasteiger partial charge in [-0.1, -0.05) is 16.8 Å². The lowest BCUT2D eigenvalue weighted by molar-refractivity contribution is 0.578. The highest BCUT2D eigenvalue weighted by Crippen LogP contribution is 2.25. The second-order valence-corrected chi connectivity index (χ2v) is 6.66. The third-order valence-electron chi connectivity index (χ3n) is 2.42. The zero-order valence-electron chi connectivity index (χ0n) is 10.1. The topological polar surface area (TPSA) is 76.9 Å². The van der Waals surface area contributed by atoms with E-state index in [1.807, 2.05) is 0 Å². The van der Waals surface area contributed by atoms with Crippen molar-refractivity contribution in [3.8, 4) is 0 Å². The summed E-state index contributed by atoms with van der Waals surface area (Å²) >= 11 is 8.89. The van der Waals surface area contributed by atoms with Gasteiger partial charge in [0.1, 0.15) is 0 Å². The Morgan fingerprint density at radius 1 is 1.42 bits per heavy atom. The quantitative estimate of drug-likeness (QED) is 0.905. The van der Waals surface area contributed by atoms with Gasteiger partial charge in [0, 0.05) is 12.1 Å². The Bertz CT molecular complexity index is 710. The van der Waals surface area contributed by atoms with Crippen LogP contribution in [-0.2, 0) is 17.1 Å². The van der Waals surface area contributed by atoms with E-state index in [-0.39, 0.29) is 9.63 Å². The summed E-state index contributed by atoms with van der Waals surface area (Å²) in [6.07, 6.45) is 0. The molecule has 0 saturated heterocycles. The van der Waals surface area contributed by atoms with Crippen molar-refractivity contribution < 1.29 is 8.42 Å². The van der Waals surface area contributed by atoms with Gasteiger partial charge in [0.25, 0.3) is 10.0 Å². The highest BCUT2D eigenvalue weighted by atomic mass is 79.9. The van der Waals surface area contributed by atoms with Gasteiger partial charge in [-0.05, 0) is 46.6 Å². The molecule has 0 bridgehead atoms. The van der Waals surface area contributed by atoms with Gasteiger partial charge < -0.3 is 0 Å². The van der Waals surface area contributed by atoms with Gasteiger partial charge in [-0.15, -0.1) is 5.10 Å². The zero-order chi connectivity index (χ0) is 14.2. The Hall–Kier alpha value is -1.12. The molecule has 0 radical (unpaired) electrons. The summed E-state index contributed by atoms with van der Waals surface area (Å²) in [5.41, 5.74) is 1.18. The number of hydrogen-bond acceptors (Lipinski definition) is 4. The number of aromatic nitrogens is 3. The maximum Gasteiger partial charge on any atom is 0.281 e. The van der Waals surface area contributed by atoms with Crippen LogP contribution >= 0.6 is 27.5 Å². The standard InChI is InChI=1S/C10H10BrClN4O2S/c1-6-5-7(12)3-4-8(6)14-19(17,18)10-9(11)13-15-16(10)2/h3-5,14H,1-2H3. The zero-order valence-corrected chi connectivity index (χ0v) is 13.2. The van der Waals surface area contributed by atoms with Crippen LogP contribution in [0.4, 0.5) is 5.69 Å². The molecule has 0 aliphatic heterocycles. The Balaban J connectivity index is 2.42. The Kier molecular flexibility index (Phi) is 3.84. The third-order valence-corrected chi connectivity index (χ3v) is 4.91. The number of aryl methyl sites for hydroxylation is 2. The molecule has 0 saturated carbocycles. The number of nitrogens with one attached hydrogen (secondary N) is 1. The molecule has 2 rings (SSSR count). The second-order valence-electron chi connectivity index (χ2n) is 3.87. The monoisotopic (exact) mass is 364 g/mol. The van der Waals surface area contributed by atoms with E-state index < -0.39 is 10.0 Å². The van der Waals surface area contributed by atoms with Crippen molar-refractivity contribution in [2.45, 2.75) is 11.9 Å². The number of benzene rings is 1. The van der Waals surface area contributed by atoms with Gasteiger partial charge in [-0.2, -0.15) is 8.42 Å². The SMILES string of the molecule is Cc1cc(Cl)ccc1NS(=O)(=O)c1c(Br)nnn1C. The van der Waals surface area contributed by atoms with Crippen molar-refractivity contribution in [3.05, 3.63) is 33.4 Å². The molecule has 19 heavy (non-hydrogen) atoms. The van der Waals surface area contributed by atoms with Gasteiger partial charge >= 0.3 is 0 Å². The summed E-state index contributed by atoms with van der Waals surface area (Å²) in [7, 11) is -2.27. The first kappa shape index (κ1) is 14.3. The number of hydrogen-bond donors (Lipinski definition) is 1. The fourth-order valence-corrected chi connectivity index (χ4v) is 4.00. The second kappa shape index (κ2) is 5.10. The summed E-state index contributed by atoms with van der Waals surface area (Å²) in [5, 5.41) is 7.80. The first-order valence-corrected chi connectivity index (χ1v) is 7.81. The summed E-state index contributed by atoms with van der Waals surface area (Å²) in [6.45, 7) is 1.76. The smallest absolute Gasteiger partial charge is 0.278 e. The average molecular weight is 366 g/mol. The molecule has 1 N–H and O–H groups in total. The van der Waals surface area contributed by atoms with Crippen LogP contribution in [0.3, 0.4) is 0 Å². The van der Waals surface area contributed by atoms with Crippen LogP contribution < -0.4 is 4.72 Å². The molecule has 102 valence electrons. The Morgan fingerprint density at radius 3 is 2.63 bits per heavy atom.